The van der Waals surface area contributed by atoms with Crippen molar-refractivity contribution >= 4 is 0 Å². The van der Waals surface area contributed by atoms with Crippen LogP contribution < -0.4 is 0 Å². The Labute approximate surface area is 132 Å². The molecule has 0 bridgehead atoms. The van der Waals surface area contributed by atoms with E-state index < -0.39 is 0 Å². The van der Waals surface area contributed by atoms with E-state index in [1.165, 1.54) is 45.1 Å². The molecule has 1 saturated heterocycles. The van der Waals surface area contributed by atoms with Gasteiger partial charge in [-0.3, -0.25) is 4.90 Å². The summed E-state index contributed by atoms with van der Waals surface area (Å²) in [5.74, 6) is 2.66. The lowest BCUT2D eigenvalue weighted by atomic mass is 9.78. The summed E-state index contributed by atoms with van der Waals surface area (Å²) >= 11 is 0. The Kier molecular flexibility index (Phi) is 3.98. The molecule has 4 rings (SSSR count). The van der Waals surface area contributed by atoms with E-state index in [9.17, 15) is 0 Å². The van der Waals surface area contributed by atoms with Gasteiger partial charge in [0.25, 0.3) is 0 Å². The Morgan fingerprint density at radius 3 is 2.77 bits per heavy atom. The molecule has 0 N–H and O–H groups in total. The molecule has 0 amide bonds. The molecule has 22 heavy (non-hydrogen) atoms. The molecule has 3 heteroatoms. The van der Waals surface area contributed by atoms with Gasteiger partial charge in [0.05, 0.1) is 12.7 Å². The Bertz CT molecular complexity index is 605. The van der Waals surface area contributed by atoms with Crippen LogP contribution in [0.25, 0.3) is 11.3 Å². The van der Waals surface area contributed by atoms with Gasteiger partial charge in [-0.25, -0.2) is 4.98 Å². The van der Waals surface area contributed by atoms with Gasteiger partial charge in [-0.1, -0.05) is 43.2 Å². The van der Waals surface area contributed by atoms with Gasteiger partial charge in [0.2, 0.25) is 5.89 Å². The minimum atomic E-state index is 0.759. The Balaban J connectivity index is 1.48. The number of fused-ring (bicyclic) bond motifs is 1. The predicted molar refractivity (Wildman–Crippen MR) is 87.3 cm³/mol. The van der Waals surface area contributed by atoms with E-state index in [1.807, 2.05) is 24.4 Å². The minimum Gasteiger partial charge on any atom is -0.439 e. The lowest BCUT2D eigenvalue weighted by Gasteiger charge is -2.43. The van der Waals surface area contributed by atoms with E-state index in [4.69, 9.17) is 4.42 Å². The number of aromatic nitrogens is 1. The Morgan fingerprint density at radius 2 is 1.86 bits per heavy atom. The molecule has 3 nitrogen and oxygen atoms in total. The maximum atomic E-state index is 6.00. The monoisotopic (exact) mass is 296 g/mol. The van der Waals surface area contributed by atoms with E-state index in [0.29, 0.717) is 0 Å². The number of hydrogen-bond donors (Lipinski definition) is 0. The largest absolute Gasteiger partial charge is 0.439 e. The first-order valence-corrected chi connectivity index (χ1v) is 8.64. The van der Waals surface area contributed by atoms with E-state index >= 15 is 0 Å². The Hall–Kier alpha value is -1.61. The Morgan fingerprint density at radius 1 is 1.05 bits per heavy atom. The molecule has 116 valence electrons. The second kappa shape index (κ2) is 6.25. The topological polar surface area (TPSA) is 29.3 Å². The summed E-state index contributed by atoms with van der Waals surface area (Å²) in [6.45, 7) is 2.07. The number of benzene rings is 1. The van der Waals surface area contributed by atoms with Crippen LogP contribution in [-0.2, 0) is 6.54 Å². The van der Waals surface area contributed by atoms with Crippen molar-refractivity contribution in [1.29, 1.82) is 0 Å². The highest BCUT2D eigenvalue weighted by Gasteiger charge is 2.33. The van der Waals surface area contributed by atoms with Crippen molar-refractivity contribution in [2.45, 2.75) is 51.1 Å². The van der Waals surface area contributed by atoms with Gasteiger partial charge in [-0.15, -0.1) is 0 Å². The highest BCUT2D eigenvalue weighted by Crippen LogP contribution is 2.36. The molecule has 1 saturated carbocycles. The quantitative estimate of drug-likeness (QED) is 0.835. The second-order valence-corrected chi connectivity index (χ2v) is 6.71. The molecule has 1 aromatic heterocycles. The smallest absolute Gasteiger partial charge is 0.209 e. The number of hydrogen-bond acceptors (Lipinski definition) is 3. The molecular weight excluding hydrogens is 272 g/mol. The first-order chi connectivity index (χ1) is 10.9. The van der Waals surface area contributed by atoms with E-state index in [0.717, 1.165) is 35.7 Å². The summed E-state index contributed by atoms with van der Waals surface area (Å²) in [5.41, 5.74) is 1.11. The molecule has 2 unspecified atom stereocenters. The van der Waals surface area contributed by atoms with Crippen LogP contribution in [0.2, 0.25) is 0 Å². The van der Waals surface area contributed by atoms with Gasteiger partial charge >= 0.3 is 0 Å². The average Bonchev–Trinajstić information content (AvgIpc) is 3.05. The molecule has 2 atom stereocenters. The summed E-state index contributed by atoms with van der Waals surface area (Å²) < 4.78 is 6.00. The molecule has 2 heterocycles. The summed E-state index contributed by atoms with van der Waals surface area (Å²) in [6.07, 6.45) is 10.2. The highest BCUT2D eigenvalue weighted by atomic mass is 16.4. The minimum absolute atomic E-state index is 0.759. The molecule has 1 aromatic carbocycles. The molecule has 2 aliphatic rings. The van der Waals surface area contributed by atoms with Crippen molar-refractivity contribution in [2.75, 3.05) is 6.54 Å². The summed E-state index contributed by atoms with van der Waals surface area (Å²) in [5, 5.41) is 0. The van der Waals surface area contributed by atoms with Crippen LogP contribution in [-0.4, -0.2) is 22.5 Å². The van der Waals surface area contributed by atoms with Crippen LogP contribution in [0.1, 0.15) is 44.4 Å². The second-order valence-electron chi connectivity index (χ2n) is 6.71. The molecule has 0 radical (unpaired) electrons. The summed E-state index contributed by atoms with van der Waals surface area (Å²) in [4.78, 5) is 7.13. The maximum Gasteiger partial charge on any atom is 0.209 e. The molecule has 1 aliphatic heterocycles. The van der Waals surface area contributed by atoms with Crippen LogP contribution >= 0.6 is 0 Å². The van der Waals surface area contributed by atoms with Crippen LogP contribution in [0.4, 0.5) is 0 Å². The summed E-state index contributed by atoms with van der Waals surface area (Å²) in [7, 11) is 0. The lowest BCUT2D eigenvalue weighted by Crippen LogP contribution is -2.46. The van der Waals surface area contributed by atoms with Gasteiger partial charge in [0.15, 0.2) is 5.76 Å². The number of nitrogens with zero attached hydrogens (tertiary/aromatic N) is 2. The lowest BCUT2D eigenvalue weighted by molar-refractivity contribution is 0.0483. The SMILES string of the molecule is c1ccc(-c2cnc(CN3CCCC4CCCCC43)o2)cc1. The fraction of sp³-hybridized carbons (Fsp3) is 0.526. The first-order valence-electron chi connectivity index (χ1n) is 8.64. The molecule has 1 aliphatic carbocycles. The zero-order chi connectivity index (χ0) is 14.8. The fourth-order valence-corrected chi connectivity index (χ4v) is 4.22. The van der Waals surface area contributed by atoms with Gasteiger partial charge in [0, 0.05) is 11.6 Å². The third-order valence-electron chi connectivity index (χ3n) is 5.31. The highest BCUT2D eigenvalue weighted by molar-refractivity contribution is 5.55. The molecule has 2 fully saturated rings. The third-order valence-corrected chi connectivity index (χ3v) is 5.31. The molecule has 0 spiro atoms. The fourth-order valence-electron chi connectivity index (χ4n) is 4.22. The summed E-state index contributed by atoms with van der Waals surface area (Å²) in [6, 6.07) is 11.0. The van der Waals surface area contributed by atoms with Crippen molar-refractivity contribution in [3.05, 3.63) is 42.4 Å². The number of oxazole rings is 1. The van der Waals surface area contributed by atoms with Crippen molar-refractivity contribution < 1.29 is 4.42 Å². The average molecular weight is 296 g/mol. The van der Waals surface area contributed by atoms with E-state index in [2.05, 4.69) is 22.0 Å². The van der Waals surface area contributed by atoms with Gasteiger partial charge in [0.1, 0.15) is 0 Å². The normalized spacial score (nSPS) is 25.8. The molecule has 2 aromatic rings. The standard InChI is InChI=1S/C19H24N2O/c1-2-8-16(9-3-1)18-13-20-19(22-18)14-21-12-6-10-15-7-4-5-11-17(15)21/h1-3,8-9,13,15,17H,4-7,10-12,14H2. The van der Waals surface area contributed by atoms with Crippen molar-refractivity contribution in [3.8, 4) is 11.3 Å². The van der Waals surface area contributed by atoms with E-state index in [1.54, 1.807) is 0 Å². The van der Waals surface area contributed by atoms with Crippen molar-refractivity contribution in [2.24, 2.45) is 5.92 Å². The van der Waals surface area contributed by atoms with Crippen LogP contribution in [0.15, 0.2) is 40.9 Å². The zero-order valence-corrected chi connectivity index (χ0v) is 13.1. The van der Waals surface area contributed by atoms with E-state index in [-0.39, 0.29) is 0 Å². The van der Waals surface area contributed by atoms with Gasteiger partial charge in [-0.05, 0) is 38.1 Å². The maximum absolute atomic E-state index is 6.00. The predicted octanol–water partition coefficient (Wildman–Crippen LogP) is 4.50. The van der Waals surface area contributed by atoms with Crippen molar-refractivity contribution in [1.82, 2.24) is 9.88 Å². The third kappa shape index (κ3) is 2.82. The van der Waals surface area contributed by atoms with Gasteiger partial charge in [-0.2, -0.15) is 0 Å². The van der Waals surface area contributed by atoms with Gasteiger partial charge < -0.3 is 4.42 Å². The van der Waals surface area contributed by atoms with Crippen LogP contribution in [0, 0.1) is 5.92 Å². The first kappa shape index (κ1) is 14.0. The molecular formula is C19H24N2O. The van der Waals surface area contributed by atoms with Crippen LogP contribution in [0.3, 0.4) is 0 Å². The number of piperidine rings is 1. The van der Waals surface area contributed by atoms with Crippen molar-refractivity contribution in [3.63, 3.8) is 0 Å². The van der Waals surface area contributed by atoms with Crippen LogP contribution in [0.5, 0.6) is 0 Å². The zero-order valence-electron chi connectivity index (χ0n) is 13.1. The number of likely N-dealkylation sites (tertiary alicyclic amines) is 1. The number of rotatable bonds is 3.